The van der Waals surface area contributed by atoms with Gasteiger partial charge < -0.3 is 4.74 Å². The van der Waals surface area contributed by atoms with E-state index in [0.29, 0.717) is 18.7 Å². The molecule has 0 aliphatic carbocycles. The molecule has 77 valence electrons. The number of aromatic nitrogens is 3. The lowest BCUT2D eigenvalue weighted by molar-refractivity contribution is 0.320. The Labute approximate surface area is 92.5 Å². The number of para-hydroxylation sites is 1. The third-order valence-electron chi connectivity index (χ3n) is 1.82. The van der Waals surface area contributed by atoms with Gasteiger partial charge in [0.2, 0.25) is 0 Å². The predicted octanol–water partition coefficient (Wildman–Crippen LogP) is 1.70. The van der Waals surface area contributed by atoms with Gasteiger partial charge in [0.1, 0.15) is 11.9 Å². The number of hydrogen-bond donors (Lipinski definition) is 0. The molecule has 1 aromatic heterocycles. The van der Waals surface area contributed by atoms with Crippen molar-refractivity contribution in [3.05, 3.63) is 42.2 Å². The van der Waals surface area contributed by atoms with E-state index in [1.54, 1.807) is 0 Å². The number of halogens is 1. The van der Waals surface area contributed by atoms with Crippen LogP contribution in [0, 0.1) is 6.20 Å². The van der Waals surface area contributed by atoms with Crippen LogP contribution in [0.4, 0.5) is 0 Å². The molecule has 0 spiro atoms. The van der Waals surface area contributed by atoms with Gasteiger partial charge in [-0.15, -0.1) is 10.2 Å². The maximum atomic E-state index is 5.48. The standard InChI is InChI=1S/C10H9ClN3O/c11-14-12-8-9(13-14)6-7-15-10-4-2-1-3-5-10/h1-5H,6-7H2. The minimum absolute atomic E-state index is 0.538. The summed E-state index contributed by atoms with van der Waals surface area (Å²) >= 11 is 5.48. The molecule has 0 unspecified atom stereocenters. The average molecular weight is 223 g/mol. The Kier molecular flexibility index (Phi) is 3.19. The lowest BCUT2D eigenvalue weighted by atomic mass is 10.3. The Hall–Kier alpha value is -1.55. The molecule has 1 radical (unpaired) electrons. The molecule has 2 aromatic rings. The van der Waals surface area contributed by atoms with Crippen molar-refractivity contribution in [1.29, 1.82) is 0 Å². The van der Waals surface area contributed by atoms with Crippen LogP contribution in [0.2, 0.25) is 0 Å². The fourth-order valence-electron chi connectivity index (χ4n) is 1.13. The van der Waals surface area contributed by atoms with Crippen LogP contribution >= 0.6 is 11.8 Å². The van der Waals surface area contributed by atoms with Gasteiger partial charge in [-0.3, -0.25) is 0 Å². The first-order valence-electron chi connectivity index (χ1n) is 4.52. The van der Waals surface area contributed by atoms with Crippen molar-refractivity contribution in [2.75, 3.05) is 6.61 Å². The van der Waals surface area contributed by atoms with E-state index in [1.165, 1.54) is 0 Å². The topological polar surface area (TPSA) is 39.9 Å². The quantitative estimate of drug-likeness (QED) is 0.791. The summed E-state index contributed by atoms with van der Waals surface area (Å²) in [6.07, 6.45) is 3.32. The largest absolute Gasteiger partial charge is 0.493 e. The Morgan fingerprint density at radius 3 is 2.80 bits per heavy atom. The molecule has 1 heterocycles. The third-order valence-corrected chi connectivity index (χ3v) is 1.97. The number of benzene rings is 1. The summed E-state index contributed by atoms with van der Waals surface area (Å²) in [5, 5.41) is 7.51. The van der Waals surface area contributed by atoms with Crippen LogP contribution in [0.5, 0.6) is 5.75 Å². The molecule has 0 amide bonds. The highest BCUT2D eigenvalue weighted by Gasteiger charge is 2.00. The number of nitrogens with zero attached hydrogens (tertiary/aromatic N) is 3. The van der Waals surface area contributed by atoms with E-state index < -0.39 is 0 Å². The summed E-state index contributed by atoms with van der Waals surface area (Å²) in [5.41, 5.74) is 0.695. The fraction of sp³-hybridized carbons (Fsp3) is 0.200. The maximum absolute atomic E-state index is 5.48. The van der Waals surface area contributed by atoms with Gasteiger partial charge in [-0.05, 0) is 12.1 Å². The fourth-order valence-corrected chi connectivity index (χ4v) is 1.26. The molecular formula is C10H9ClN3O. The van der Waals surface area contributed by atoms with Crippen molar-refractivity contribution in [3.63, 3.8) is 0 Å². The van der Waals surface area contributed by atoms with E-state index in [2.05, 4.69) is 16.4 Å². The molecule has 0 aliphatic heterocycles. The number of hydrogen-bond acceptors (Lipinski definition) is 3. The summed E-state index contributed by atoms with van der Waals surface area (Å²) in [5.74, 6) is 0.843. The molecule has 0 bridgehead atoms. The summed E-state index contributed by atoms with van der Waals surface area (Å²) in [7, 11) is 0. The predicted molar refractivity (Wildman–Crippen MR) is 55.8 cm³/mol. The maximum Gasteiger partial charge on any atom is 0.140 e. The minimum Gasteiger partial charge on any atom is -0.493 e. The Balaban J connectivity index is 1.80. The minimum atomic E-state index is 0.538. The monoisotopic (exact) mass is 222 g/mol. The Morgan fingerprint density at radius 1 is 1.33 bits per heavy atom. The van der Waals surface area contributed by atoms with Gasteiger partial charge in [0.05, 0.1) is 24.1 Å². The summed E-state index contributed by atoms with van der Waals surface area (Å²) in [4.78, 5) is 0. The van der Waals surface area contributed by atoms with E-state index in [0.717, 1.165) is 10.1 Å². The zero-order valence-electron chi connectivity index (χ0n) is 7.93. The van der Waals surface area contributed by atoms with Gasteiger partial charge in [0.25, 0.3) is 0 Å². The molecule has 0 atom stereocenters. The van der Waals surface area contributed by atoms with Gasteiger partial charge >= 0.3 is 0 Å². The van der Waals surface area contributed by atoms with Crippen molar-refractivity contribution in [2.24, 2.45) is 0 Å². The van der Waals surface area contributed by atoms with E-state index in [9.17, 15) is 0 Å². The molecule has 0 N–H and O–H groups in total. The summed E-state index contributed by atoms with van der Waals surface area (Å²) < 4.78 is 6.45. The molecule has 5 heteroatoms. The van der Waals surface area contributed by atoms with Crippen molar-refractivity contribution in [1.82, 2.24) is 14.5 Å². The van der Waals surface area contributed by atoms with Crippen molar-refractivity contribution in [3.8, 4) is 5.75 Å². The van der Waals surface area contributed by atoms with Gasteiger partial charge in [-0.2, -0.15) is 0 Å². The van der Waals surface area contributed by atoms with Crippen LogP contribution < -0.4 is 4.74 Å². The van der Waals surface area contributed by atoms with Gasteiger partial charge in [-0.25, -0.2) is 0 Å². The van der Waals surface area contributed by atoms with E-state index in [4.69, 9.17) is 16.5 Å². The van der Waals surface area contributed by atoms with Crippen LogP contribution in [-0.2, 0) is 6.42 Å². The van der Waals surface area contributed by atoms with Crippen LogP contribution in [0.1, 0.15) is 5.69 Å². The van der Waals surface area contributed by atoms with Crippen molar-refractivity contribution >= 4 is 11.8 Å². The first-order chi connectivity index (χ1) is 7.34. The molecule has 1 aromatic carbocycles. The second-order valence-corrected chi connectivity index (χ2v) is 3.21. The van der Waals surface area contributed by atoms with Crippen LogP contribution in [0.3, 0.4) is 0 Å². The van der Waals surface area contributed by atoms with Crippen LogP contribution in [-0.4, -0.2) is 21.1 Å². The third kappa shape index (κ3) is 2.95. The first kappa shape index (κ1) is 9.98. The van der Waals surface area contributed by atoms with Gasteiger partial charge in [0.15, 0.2) is 0 Å². The highest BCUT2D eigenvalue weighted by atomic mass is 35.5. The lowest BCUT2D eigenvalue weighted by Gasteiger charge is -2.03. The lowest BCUT2D eigenvalue weighted by Crippen LogP contribution is -2.01. The highest BCUT2D eigenvalue weighted by Crippen LogP contribution is 2.08. The first-order valence-corrected chi connectivity index (χ1v) is 4.86. The zero-order valence-corrected chi connectivity index (χ0v) is 8.68. The van der Waals surface area contributed by atoms with E-state index >= 15 is 0 Å². The summed E-state index contributed by atoms with van der Waals surface area (Å²) in [6, 6.07) is 9.61. The van der Waals surface area contributed by atoms with Crippen LogP contribution in [0.25, 0.3) is 0 Å². The molecule has 2 rings (SSSR count). The van der Waals surface area contributed by atoms with Gasteiger partial charge in [0, 0.05) is 6.42 Å². The molecule has 0 aliphatic rings. The second kappa shape index (κ2) is 4.79. The second-order valence-electron chi connectivity index (χ2n) is 2.91. The SMILES string of the molecule is Cln1n[c]c(CCOc2ccccc2)n1. The molecule has 15 heavy (non-hydrogen) atoms. The van der Waals surface area contributed by atoms with E-state index in [1.807, 2.05) is 30.3 Å². The van der Waals surface area contributed by atoms with Gasteiger partial charge in [-0.1, -0.05) is 22.5 Å². The molecular weight excluding hydrogens is 214 g/mol. The highest BCUT2D eigenvalue weighted by molar-refractivity contribution is 6.13. The molecule has 0 fully saturated rings. The van der Waals surface area contributed by atoms with Crippen molar-refractivity contribution in [2.45, 2.75) is 6.42 Å². The van der Waals surface area contributed by atoms with Crippen LogP contribution in [0.15, 0.2) is 30.3 Å². The molecule has 0 saturated carbocycles. The number of ether oxygens (including phenoxy) is 1. The molecule has 0 saturated heterocycles. The van der Waals surface area contributed by atoms with E-state index in [-0.39, 0.29) is 0 Å². The van der Waals surface area contributed by atoms with Crippen molar-refractivity contribution < 1.29 is 4.74 Å². The zero-order chi connectivity index (χ0) is 10.5. The Morgan fingerprint density at radius 2 is 2.13 bits per heavy atom. The Bertz CT molecular complexity index is 416. The smallest absolute Gasteiger partial charge is 0.140 e. The molecule has 4 nitrogen and oxygen atoms in total. The number of rotatable bonds is 4. The normalized spacial score (nSPS) is 10.2. The summed E-state index contributed by atoms with van der Waals surface area (Å²) in [6.45, 7) is 0.538. The average Bonchev–Trinajstić information content (AvgIpc) is 2.66.